The van der Waals surface area contributed by atoms with Crippen LogP contribution in [0.25, 0.3) is 10.6 Å². The molecule has 0 unspecified atom stereocenters. The van der Waals surface area contributed by atoms with Crippen molar-refractivity contribution in [3.63, 3.8) is 0 Å². The van der Waals surface area contributed by atoms with E-state index in [1.807, 2.05) is 0 Å². The van der Waals surface area contributed by atoms with Gasteiger partial charge in [-0.1, -0.05) is 11.6 Å². The third kappa shape index (κ3) is 4.67. The summed E-state index contributed by atoms with van der Waals surface area (Å²) < 4.78 is 18.1. The Morgan fingerprint density at radius 2 is 2.15 bits per heavy atom. The number of aromatic nitrogens is 1. The zero-order chi connectivity index (χ0) is 18.5. The van der Waals surface area contributed by atoms with Crippen LogP contribution in [-0.4, -0.2) is 48.0 Å². The number of nitrogens with zero attached hydrogens (tertiary/aromatic N) is 2. The molecular weight excluding hydrogens is 359 g/mol. The molecular formula is C17H21FN4O3S. The lowest BCUT2D eigenvalue weighted by Crippen LogP contribution is -2.52. The molecule has 0 spiro atoms. The Morgan fingerprint density at radius 3 is 2.85 bits per heavy atom. The highest BCUT2D eigenvalue weighted by atomic mass is 32.1. The van der Waals surface area contributed by atoms with Crippen molar-refractivity contribution >= 4 is 23.2 Å². The Kier molecular flexibility index (Phi) is 6.00. The zero-order valence-electron chi connectivity index (χ0n) is 14.2. The summed E-state index contributed by atoms with van der Waals surface area (Å²) in [5.74, 6) is -0.131. The molecule has 2 aromatic heterocycles. The highest BCUT2D eigenvalue weighted by Gasteiger charge is 2.30. The van der Waals surface area contributed by atoms with Gasteiger partial charge in [-0.25, -0.2) is 0 Å². The van der Waals surface area contributed by atoms with E-state index in [0.717, 1.165) is 50.2 Å². The van der Waals surface area contributed by atoms with Crippen LogP contribution in [0.4, 0.5) is 4.39 Å². The molecule has 0 saturated carbocycles. The number of amides is 2. The van der Waals surface area contributed by atoms with Crippen LogP contribution in [0.5, 0.6) is 0 Å². The van der Waals surface area contributed by atoms with Crippen molar-refractivity contribution in [2.24, 2.45) is 11.7 Å². The van der Waals surface area contributed by atoms with Crippen molar-refractivity contribution in [1.29, 1.82) is 0 Å². The molecule has 1 aliphatic rings. The van der Waals surface area contributed by atoms with E-state index in [0.29, 0.717) is 17.2 Å². The summed E-state index contributed by atoms with van der Waals surface area (Å²) in [6.07, 6.45) is 2.86. The topological polar surface area (TPSA) is 101 Å². The quantitative estimate of drug-likeness (QED) is 0.647. The summed E-state index contributed by atoms with van der Waals surface area (Å²) in [5.41, 5.74) is 5.42. The summed E-state index contributed by atoms with van der Waals surface area (Å²) in [4.78, 5) is 25.8. The third-order valence-electron chi connectivity index (χ3n) is 4.36. The van der Waals surface area contributed by atoms with Crippen molar-refractivity contribution in [1.82, 2.24) is 15.4 Å². The van der Waals surface area contributed by atoms with Gasteiger partial charge in [0.05, 0.1) is 10.8 Å². The van der Waals surface area contributed by atoms with Crippen LogP contribution in [0.1, 0.15) is 29.8 Å². The van der Waals surface area contributed by atoms with E-state index >= 15 is 0 Å². The van der Waals surface area contributed by atoms with Crippen LogP contribution in [0.2, 0.25) is 0 Å². The monoisotopic (exact) mass is 380 g/mol. The average Bonchev–Trinajstić information content (AvgIpc) is 3.20. The van der Waals surface area contributed by atoms with Crippen LogP contribution in [0.3, 0.4) is 0 Å². The molecule has 3 N–H and O–H groups in total. The van der Waals surface area contributed by atoms with Gasteiger partial charge in [0.2, 0.25) is 5.91 Å². The summed E-state index contributed by atoms with van der Waals surface area (Å²) >= 11 is 0.942. The Balaban J connectivity index is 1.30. The highest BCUT2D eigenvalue weighted by Crippen LogP contribution is 2.27. The Hall–Kier alpha value is -2.26. The van der Waals surface area contributed by atoms with Gasteiger partial charge in [0, 0.05) is 25.7 Å². The molecule has 0 radical (unpaired) electrons. The first-order chi connectivity index (χ1) is 12.5. The number of thiophene rings is 1. The van der Waals surface area contributed by atoms with Crippen LogP contribution in [0, 0.1) is 11.0 Å². The largest absolute Gasteiger partial charge is 0.369 e. The second-order valence-electron chi connectivity index (χ2n) is 6.36. The lowest BCUT2D eigenvalue weighted by molar-refractivity contribution is -0.126. The van der Waals surface area contributed by atoms with Crippen LogP contribution in [-0.2, 0) is 4.79 Å². The van der Waals surface area contributed by atoms with Crippen molar-refractivity contribution in [2.45, 2.75) is 19.3 Å². The first-order valence-corrected chi connectivity index (χ1v) is 9.37. The van der Waals surface area contributed by atoms with Crippen LogP contribution >= 0.6 is 11.3 Å². The maximum atomic E-state index is 13.0. The molecule has 7 nitrogen and oxygen atoms in total. The fourth-order valence-electron chi connectivity index (χ4n) is 2.81. The van der Waals surface area contributed by atoms with Crippen molar-refractivity contribution < 1.29 is 18.5 Å². The van der Waals surface area contributed by atoms with E-state index in [-0.39, 0.29) is 28.6 Å². The number of carbonyl (C=O) groups is 2. The molecule has 140 valence electrons. The number of hydrogen-bond acceptors (Lipinski definition) is 6. The second kappa shape index (κ2) is 8.41. The zero-order valence-corrected chi connectivity index (χ0v) is 15.1. The van der Waals surface area contributed by atoms with Gasteiger partial charge < -0.3 is 20.5 Å². The SMILES string of the molecule is NC(=O)C1CN(CCCCCNC(=O)c2cc(-c3ccc(F)s3)on2)C1. The molecule has 3 rings (SSSR count). The molecule has 0 atom stereocenters. The van der Waals surface area contributed by atoms with E-state index in [9.17, 15) is 14.0 Å². The lowest BCUT2D eigenvalue weighted by Gasteiger charge is -2.37. The van der Waals surface area contributed by atoms with E-state index in [2.05, 4.69) is 15.4 Å². The summed E-state index contributed by atoms with van der Waals surface area (Å²) in [6.45, 7) is 3.02. The average molecular weight is 380 g/mol. The molecule has 9 heteroatoms. The number of hydrogen-bond donors (Lipinski definition) is 2. The van der Waals surface area contributed by atoms with E-state index in [4.69, 9.17) is 10.3 Å². The first kappa shape index (κ1) is 18.5. The van der Waals surface area contributed by atoms with Gasteiger partial charge in [-0.05, 0) is 31.5 Å². The van der Waals surface area contributed by atoms with Crippen LogP contribution < -0.4 is 11.1 Å². The summed E-state index contributed by atoms with van der Waals surface area (Å²) in [7, 11) is 0. The number of unbranched alkanes of at least 4 members (excludes halogenated alkanes) is 2. The van der Waals surface area contributed by atoms with E-state index in [1.165, 1.54) is 12.1 Å². The molecule has 2 amide bonds. The van der Waals surface area contributed by atoms with Crippen molar-refractivity contribution in [2.75, 3.05) is 26.2 Å². The minimum Gasteiger partial charge on any atom is -0.369 e. The van der Waals surface area contributed by atoms with Gasteiger partial charge in [-0.3, -0.25) is 9.59 Å². The second-order valence-corrected chi connectivity index (χ2v) is 7.39. The maximum absolute atomic E-state index is 13.0. The standard InChI is InChI=1S/C17H21FN4O3S/c18-15-5-4-14(26-15)13-8-12(21-25-13)17(24)20-6-2-1-3-7-22-9-11(10-22)16(19)23/h4-5,8,11H,1-3,6-7,9-10H2,(H2,19,23)(H,20,24). The fourth-order valence-corrected chi connectivity index (χ4v) is 3.49. The molecule has 0 aliphatic carbocycles. The molecule has 3 heterocycles. The minimum atomic E-state index is -0.314. The predicted octanol–water partition coefficient (Wildman–Crippen LogP) is 1.86. The summed E-state index contributed by atoms with van der Waals surface area (Å²) in [6, 6.07) is 4.45. The van der Waals surface area contributed by atoms with E-state index < -0.39 is 0 Å². The first-order valence-electron chi connectivity index (χ1n) is 8.55. The molecule has 26 heavy (non-hydrogen) atoms. The third-order valence-corrected chi connectivity index (χ3v) is 5.24. The van der Waals surface area contributed by atoms with Crippen molar-refractivity contribution in [3.8, 4) is 10.6 Å². The molecule has 0 bridgehead atoms. The normalized spacial score (nSPS) is 15.0. The number of halogens is 1. The Morgan fingerprint density at radius 1 is 1.35 bits per heavy atom. The van der Waals surface area contributed by atoms with Gasteiger partial charge >= 0.3 is 0 Å². The highest BCUT2D eigenvalue weighted by molar-refractivity contribution is 7.13. The van der Waals surface area contributed by atoms with Gasteiger partial charge in [-0.15, -0.1) is 11.3 Å². The fraction of sp³-hybridized carbons (Fsp3) is 0.471. The molecule has 1 saturated heterocycles. The minimum absolute atomic E-state index is 0.00677. The Labute approximate surface area is 154 Å². The number of primary amides is 1. The van der Waals surface area contributed by atoms with E-state index in [1.54, 1.807) is 6.07 Å². The van der Waals surface area contributed by atoms with Crippen LogP contribution in [0.15, 0.2) is 22.7 Å². The van der Waals surface area contributed by atoms with Gasteiger partial charge in [0.15, 0.2) is 16.6 Å². The number of nitrogens with one attached hydrogen (secondary N) is 1. The van der Waals surface area contributed by atoms with Gasteiger partial charge in [0.1, 0.15) is 0 Å². The molecule has 0 aromatic carbocycles. The Bertz CT molecular complexity index is 770. The number of carbonyl (C=O) groups excluding carboxylic acids is 2. The smallest absolute Gasteiger partial charge is 0.273 e. The lowest BCUT2D eigenvalue weighted by atomic mass is 9.99. The van der Waals surface area contributed by atoms with Gasteiger partial charge in [0.25, 0.3) is 5.91 Å². The van der Waals surface area contributed by atoms with Crippen molar-refractivity contribution in [3.05, 3.63) is 29.0 Å². The number of likely N-dealkylation sites (tertiary alicyclic amines) is 1. The predicted molar refractivity (Wildman–Crippen MR) is 95.1 cm³/mol. The molecule has 1 fully saturated rings. The maximum Gasteiger partial charge on any atom is 0.273 e. The number of rotatable bonds is 9. The van der Waals surface area contributed by atoms with Gasteiger partial charge in [-0.2, -0.15) is 4.39 Å². The molecule has 1 aliphatic heterocycles. The molecule has 2 aromatic rings. The number of nitrogens with two attached hydrogens (primary N) is 1. The summed E-state index contributed by atoms with van der Waals surface area (Å²) in [5, 5.41) is 6.22.